The molecule has 0 saturated heterocycles. The lowest BCUT2D eigenvalue weighted by atomic mass is 9.98. The third-order valence-corrected chi connectivity index (χ3v) is 5.45. The fraction of sp³-hybridized carbons (Fsp3) is 0.259. The van der Waals surface area contributed by atoms with Gasteiger partial charge >= 0.3 is 0 Å². The van der Waals surface area contributed by atoms with E-state index in [0.717, 1.165) is 11.1 Å². The Morgan fingerprint density at radius 2 is 1.50 bits per heavy atom. The summed E-state index contributed by atoms with van der Waals surface area (Å²) in [4.78, 5) is 27.0. The van der Waals surface area contributed by atoms with E-state index >= 15 is 0 Å². The molecule has 0 spiro atoms. The van der Waals surface area contributed by atoms with Crippen LogP contribution in [0.4, 0.5) is 5.69 Å². The summed E-state index contributed by atoms with van der Waals surface area (Å²) >= 11 is 0. The summed E-state index contributed by atoms with van der Waals surface area (Å²) < 4.78 is 0. The van der Waals surface area contributed by atoms with Crippen molar-refractivity contribution in [2.75, 3.05) is 25.0 Å². The third-order valence-electron chi connectivity index (χ3n) is 5.45. The van der Waals surface area contributed by atoms with Crippen LogP contribution in [0.3, 0.4) is 0 Å². The molecule has 0 saturated carbocycles. The zero-order valence-corrected chi connectivity index (χ0v) is 19.0. The Hall–Kier alpha value is -3.44. The molecule has 0 heterocycles. The van der Waals surface area contributed by atoms with E-state index in [-0.39, 0.29) is 24.4 Å². The maximum absolute atomic E-state index is 12.7. The van der Waals surface area contributed by atoms with Gasteiger partial charge in [-0.25, -0.2) is 0 Å². The van der Waals surface area contributed by atoms with Crippen LogP contribution in [0.15, 0.2) is 78.9 Å². The predicted octanol–water partition coefficient (Wildman–Crippen LogP) is 4.79. The molecule has 0 aromatic heterocycles. The number of carbonyl (C=O) groups is 2. The van der Waals surface area contributed by atoms with Crippen LogP contribution in [0.25, 0.3) is 0 Å². The first-order valence-electron chi connectivity index (χ1n) is 11.1. The number of carbonyl (C=O) groups excluding carboxylic acids is 2. The fourth-order valence-corrected chi connectivity index (χ4v) is 3.66. The molecular formula is C27H31N3O2. The zero-order chi connectivity index (χ0) is 22.9. The zero-order valence-electron chi connectivity index (χ0n) is 19.0. The maximum Gasteiger partial charge on any atom is 0.253 e. The van der Waals surface area contributed by atoms with E-state index in [0.29, 0.717) is 24.3 Å². The van der Waals surface area contributed by atoms with Crippen molar-refractivity contribution in [1.82, 2.24) is 10.2 Å². The molecule has 0 aliphatic carbocycles. The molecule has 0 unspecified atom stereocenters. The second kappa shape index (κ2) is 11.3. The highest BCUT2D eigenvalue weighted by molar-refractivity contribution is 5.97. The second-order valence-corrected chi connectivity index (χ2v) is 7.74. The highest BCUT2D eigenvalue weighted by Crippen LogP contribution is 2.22. The van der Waals surface area contributed by atoms with Crippen molar-refractivity contribution in [3.05, 3.63) is 101 Å². The van der Waals surface area contributed by atoms with Gasteiger partial charge in [-0.3, -0.25) is 14.9 Å². The van der Waals surface area contributed by atoms with Crippen LogP contribution in [-0.4, -0.2) is 36.3 Å². The lowest BCUT2D eigenvalue weighted by molar-refractivity contribution is -0.115. The molecule has 0 aliphatic heterocycles. The molecule has 0 radical (unpaired) electrons. The number of amides is 2. The predicted molar refractivity (Wildman–Crippen MR) is 130 cm³/mol. The largest absolute Gasteiger partial charge is 0.339 e. The highest BCUT2D eigenvalue weighted by atomic mass is 16.2. The summed E-state index contributed by atoms with van der Waals surface area (Å²) in [5.41, 5.74) is 4.57. The number of anilines is 1. The van der Waals surface area contributed by atoms with Crippen molar-refractivity contribution >= 4 is 17.5 Å². The second-order valence-electron chi connectivity index (χ2n) is 7.74. The number of aryl methyl sites for hydroxylation is 1. The third kappa shape index (κ3) is 6.05. The van der Waals surface area contributed by atoms with Gasteiger partial charge in [0.25, 0.3) is 5.91 Å². The van der Waals surface area contributed by atoms with Crippen LogP contribution in [0, 0.1) is 6.92 Å². The van der Waals surface area contributed by atoms with Gasteiger partial charge in [-0.2, -0.15) is 0 Å². The average molecular weight is 430 g/mol. The minimum Gasteiger partial charge on any atom is -0.339 e. The number of hydrogen-bond acceptors (Lipinski definition) is 3. The monoisotopic (exact) mass is 429 g/mol. The first-order chi connectivity index (χ1) is 15.5. The van der Waals surface area contributed by atoms with Gasteiger partial charge in [0.1, 0.15) is 0 Å². The average Bonchev–Trinajstić information content (AvgIpc) is 2.82. The van der Waals surface area contributed by atoms with Crippen molar-refractivity contribution in [3.8, 4) is 0 Å². The Morgan fingerprint density at radius 3 is 2.16 bits per heavy atom. The molecule has 2 amide bonds. The van der Waals surface area contributed by atoms with Crippen molar-refractivity contribution in [2.45, 2.75) is 26.8 Å². The van der Waals surface area contributed by atoms with E-state index in [1.165, 1.54) is 5.56 Å². The van der Waals surface area contributed by atoms with Crippen molar-refractivity contribution < 1.29 is 9.59 Å². The summed E-state index contributed by atoms with van der Waals surface area (Å²) in [6.45, 7) is 7.40. The number of rotatable bonds is 9. The van der Waals surface area contributed by atoms with Crippen LogP contribution in [-0.2, 0) is 4.79 Å². The summed E-state index contributed by atoms with van der Waals surface area (Å²) in [6.07, 6.45) is 0. The molecule has 0 bridgehead atoms. The molecular weight excluding hydrogens is 398 g/mol. The van der Waals surface area contributed by atoms with E-state index in [4.69, 9.17) is 0 Å². The van der Waals surface area contributed by atoms with E-state index in [1.807, 2.05) is 32.0 Å². The minimum absolute atomic E-state index is 0.0345. The van der Waals surface area contributed by atoms with Gasteiger partial charge in [-0.15, -0.1) is 0 Å². The van der Waals surface area contributed by atoms with E-state index < -0.39 is 0 Å². The number of nitrogens with zero attached hydrogens (tertiary/aromatic N) is 1. The van der Waals surface area contributed by atoms with Gasteiger partial charge in [0.05, 0.1) is 12.6 Å². The van der Waals surface area contributed by atoms with Crippen LogP contribution in [0.5, 0.6) is 0 Å². The summed E-state index contributed by atoms with van der Waals surface area (Å²) in [5.74, 6) is -0.196. The maximum atomic E-state index is 12.7. The first kappa shape index (κ1) is 23.2. The Kier molecular flexibility index (Phi) is 8.17. The van der Waals surface area contributed by atoms with E-state index in [9.17, 15) is 9.59 Å². The van der Waals surface area contributed by atoms with Gasteiger partial charge in [-0.05, 0) is 50.1 Å². The lowest BCUT2D eigenvalue weighted by Crippen LogP contribution is -2.32. The summed E-state index contributed by atoms with van der Waals surface area (Å²) in [5, 5.41) is 6.29. The Balaban J connectivity index is 1.69. The van der Waals surface area contributed by atoms with E-state index in [1.54, 1.807) is 29.2 Å². The normalized spacial score (nSPS) is 11.6. The Labute approximate surface area is 190 Å². The van der Waals surface area contributed by atoms with Gasteiger partial charge in [-0.1, -0.05) is 66.2 Å². The molecule has 32 heavy (non-hydrogen) atoms. The van der Waals surface area contributed by atoms with Crippen molar-refractivity contribution in [2.24, 2.45) is 0 Å². The van der Waals surface area contributed by atoms with Crippen molar-refractivity contribution in [1.29, 1.82) is 0 Å². The lowest BCUT2D eigenvalue weighted by Gasteiger charge is -2.20. The molecule has 166 valence electrons. The van der Waals surface area contributed by atoms with E-state index in [2.05, 4.69) is 54.0 Å². The SMILES string of the molecule is CCN(CC)C(=O)c1cccc(NC(=O)CN[C@H](c2ccccc2)c2ccc(C)cc2)c1. The quantitative estimate of drug-likeness (QED) is 0.514. The van der Waals surface area contributed by atoms with Crippen LogP contribution in [0.1, 0.15) is 46.9 Å². The number of benzene rings is 3. The molecule has 3 rings (SSSR count). The van der Waals surface area contributed by atoms with Crippen molar-refractivity contribution in [3.63, 3.8) is 0 Å². The van der Waals surface area contributed by atoms with Gasteiger partial charge < -0.3 is 10.2 Å². The molecule has 5 nitrogen and oxygen atoms in total. The van der Waals surface area contributed by atoms with Gasteiger partial charge in [0.15, 0.2) is 0 Å². The minimum atomic E-state index is -0.162. The fourth-order valence-electron chi connectivity index (χ4n) is 3.66. The smallest absolute Gasteiger partial charge is 0.253 e. The Morgan fingerprint density at radius 1 is 0.844 bits per heavy atom. The molecule has 5 heteroatoms. The van der Waals surface area contributed by atoms with Gasteiger partial charge in [0, 0.05) is 24.3 Å². The first-order valence-corrected chi connectivity index (χ1v) is 11.1. The molecule has 3 aromatic rings. The van der Waals surface area contributed by atoms with Crippen LogP contribution >= 0.6 is 0 Å². The van der Waals surface area contributed by atoms with Gasteiger partial charge in [0.2, 0.25) is 5.91 Å². The van der Waals surface area contributed by atoms with Crippen LogP contribution < -0.4 is 10.6 Å². The topological polar surface area (TPSA) is 61.4 Å². The number of nitrogens with one attached hydrogen (secondary N) is 2. The summed E-state index contributed by atoms with van der Waals surface area (Å²) in [6, 6.07) is 25.4. The molecule has 0 aliphatic rings. The molecule has 3 aromatic carbocycles. The Bertz CT molecular complexity index is 1030. The highest BCUT2D eigenvalue weighted by Gasteiger charge is 2.16. The standard InChI is InChI=1S/C27H31N3O2/c1-4-30(5-2)27(32)23-12-9-13-24(18-23)29-25(31)19-28-26(21-10-7-6-8-11-21)22-16-14-20(3)15-17-22/h6-18,26,28H,4-5,19H2,1-3H3,(H,29,31)/t26-/m1/s1. The number of hydrogen-bond donors (Lipinski definition) is 2. The summed E-state index contributed by atoms with van der Waals surface area (Å²) in [7, 11) is 0. The van der Waals surface area contributed by atoms with Crippen LogP contribution in [0.2, 0.25) is 0 Å². The molecule has 0 fully saturated rings. The molecule has 1 atom stereocenters. The molecule has 2 N–H and O–H groups in total.